The van der Waals surface area contributed by atoms with Gasteiger partial charge >= 0.3 is 56.5 Å². The third-order valence-corrected chi connectivity index (χ3v) is 5.53. The van der Waals surface area contributed by atoms with Crippen molar-refractivity contribution in [2.24, 2.45) is 0 Å². The molecule has 0 aromatic heterocycles. The van der Waals surface area contributed by atoms with Gasteiger partial charge in [-0.2, -0.15) is 0 Å². The number of hydrogen-bond donors (Lipinski definition) is 0. The molecule has 0 saturated carbocycles. The zero-order chi connectivity index (χ0) is 20.9. The van der Waals surface area contributed by atoms with Crippen molar-refractivity contribution >= 4 is 20.1 Å². The van der Waals surface area contributed by atoms with Gasteiger partial charge < -0.3 is 0 Å². The number of benzene rings is 1. The summed E-state index contributed by atoms with van der Waals surface area (Å²) in [6, 6.07) is 8.57. The topological polar surface area (TPSA) is 99.5 Å². The molecule has 1 aliphatic rings. The van der Waals surface area contributed by atoms with Crippen molar-refractivity contribution in [3.05, 3.63) is 80.3 Å². The molecule has 1 aliphatic heterocycles. The normalized spacial score (nSPS) is 9.73. The molecule has 134 valence electrons. The van der Waals surface area contributed by atoms with Gasteiger partial charge in [-0.3, -0.25) is 0 Å². The zero-order valence-electron chi connectivity index (χ0n) is 14.6. The molecule has 0 fully saturated rings. The second-order valence-electron chi connectivity index (χ2n) is 5.00. The van der Waals surface area contributed by atoms with Crippen molar-refractivity contribution in [1.82, 2.24) is 0 Å². The van der Waals surface area contributed by atoms with Crippen LogP contribution < -0.4 is 0 Å². The zero-order valence-corrected chi connectivity index (χ0v) is 18.5. The van der Waals surface area contributed by atoms with Gasteiger partial charge in [0.05, 0.1) is 24.7 Å². The molecule has 0 N–H and O–H groups in total. The summed E-state index contributed by atoms with van der Waals surface area (Å²) in [6.07, 6.45) is 4.57. The summed E-state index contributed by atoms with van der Waals surface area (Å²) >= 11 is 0. The Hall–Kier alpha value is -1.48. The average molecular weight is 541 g/mol. The smallest absolute Gasteiger partial charge is 0 e. The first-order valence-corrected chi connectivity index (χ1v) is 8.07. The van der Waals surface area contributed by atoms with Gasteiger partial charge in [0.15, 0.2) is 0 Å². The van der Waals surface area contributed by atoms with E-state index < -0.39 is 7.92 Å². The second-order valence-corrected chi connectivity index (χ2v) is 8.08. The largest absolute Gasteiger partial charge is 0 e. The summed E-state index contributed by atoms with van der Waals surface area (Å²) in [6.45, 7) is 29.5. The minimum Gasteiger partial charge on any atom is 0 e. The van der Waals surface area contributed by atoms with E-state index in [9.17, 15) is 0 Å². The van der Waals surface area contributed by atoms with Crippen LogP contribution in [0.5, 0.6) is 0 Å². The first kappa shape index (κ1) is 35.6. The second kappa shape index (κ2) is 25.8. The van der Waals surface area contributed by atoms with Gasteiger partial charge in [-0.05, 0) is 44.1 Å². The van der Waals surface area contributed by atoms with E-state index in [1.54, 1.807) is 0 Å². The molecule has 0 radical (unpaired) electrons. The maximum Gasteiger partial charge on any atom is 0 e. The Morgan fingerprint density at radius 3 is 1.15 bits per heavy atom. The van der Waals surface area contributed by atoms with Crippen molar-refractivity contribution in [3.8, 4) is 0 Å². The molecule has 0 unspecified atom stereocenters. The van der Waals surface area contributed by atoms with Crippen molar-refractivity contribution in [1.29, 1.82) is 0 Å². The van der Waals surface area contributed by atoms with Crippen LogP contribution >= 0.6 is 7.92 Å². The maximum atomic E-state index is 7.50. The quantitative estimate of drug-likeness (QED) is 0.263. The van der Waals surface area contributed by atoms with Gasteiger partial charge in [0.2, 0.25) is 0 Å². The minimum atomic E-state index is -0.527. The van der Waals surface area contributed by atoms with Gasteiger partial charge in [0.25, 0.3) is 0 Å². The van der Waals surface area contributed by atoms with Gasteiger partial charge in [-0.15, -0.1) is 0 Å². The number of fused-ring (bicyclic) bond motifs is 1. The van der Waals surface area contributed by atoms with Crippen LogP contribution in [0.1, 0.15) is 31.9 Å². The summed E-state index contributed by atoms with van der Waals surface area (Å²) in [5.41, 5.74) is 2.69. The Morgan fingerprint density at radius 1 is 0.654 bits per heavy atom. The molecule has 26 heavy (non-hydrogen) atoms. The summed E-state index contributed by atoms with van der Waals surface area (Å²) < 4.78 is 37.5. The molecule has 0 amide bonds. The molecule has 1 heterocycles. The van der Waals surface area contributed by atoms with Gasteiger partial charge in [-0.1, -0.05) is 24.3 Å². The van der Waals surface area contributed by atoms with Crippen LogP contribution in [0.4, 0.5) is 0 Å². The molecule has 0 saturated heterocycles. The van der Waals surface area contributed by atoms with Crippen LogP contribution in [-0.2, 0) is 44.3 Å². The van der Waals surface area contributed by atoms with Gasteiger partial charge in [0, 0.05) is 21.1 Å². The van der Waals surface area contributed by atoms with Crippen molar-refractivity contribution in [2.45, 2.75) is 25.9 Å². The Kier molecular flexibility index (Phi) is 35.3. The fourth-order valence-electron chi connectivity index (χ4n) is 1.73. The van der Waals surface area contributed by atoms with Crippen LogP contribution in [0.15, 0.2) is 35.9 Å². The number of rotatable bonds is 0. The van der Waals surface area contributed by atoms with E-state index in [0.29, 0.717) is 5.16 Å². The molecule has 0 bridgehead atoms. The summed E-state index contributed by atoms with van der Waals surface area (Å²) in [4.78, 5) is 0. The van der Waals surface area contributed by atoms with E-state index in [4.69, 9.17) is 23.3 Å². The third kappa shape index (κ3) is 16.0. The molecule has 0 spiro atoms. The molecule has 5 nitrogen and oxygen atoms in total. The fraction of sp³-hybridized carbons (Fsp3) is 0.211. The first-order valence-electron chi connectivity index (χ1n) is 6.42. The van der Waals surface area contributed by atoms with Gasteiger partial charge in [-0.25, -0.2) is 0 Å². The van der Waals surface area contributed by atoms with E-state index in [1.807, 2.05) is 0 Å². The molecule has 1 aromatic rings. The molecule has 1 aromatic carbocycles. The van der Waals surface area contributed by atoms with Crippen LogP contribution in [0.25, 0.3) is 12.2 Å². The molecule has 0 atom stereocenters. The predicted octanol–water partition coefficient (Wildman–Crippen LogP) is 4.46. The Balaban J connectivity index is -0.000000116. The van der Waals surface area contributed by atoms with Crippen molar-refractivity contribution in [2.75, 3.05) is 0 Å². The maximum absolute atomic E-state index is 7.50. The fourth-order valence-corrected chi connectivity index (χ4v) is 3.56. The summed E-state index contributed by atoms with van der Waals surface area (Å²) in [5.74, 6) is 4.82. The third-order valence-electron chi connectivity index (χ3n) is 2.75. The summed E-state index contributed by atoms with van der Waals surface area (Å²) in [7, 11) is -0.527. The van der Waals surface area contributed by atoms with E-state index >= 15 is 0 Å². The average Bonchev–Trinajstić information content (AvgIpc) is 2.92. The van der Waals surface area contributed by atoms with Gasteiger partial charge in [0.1, 0.15) is 0 Å². The SMILES string of the molecule is CC(C)(C)[PH+]1C=Cc2ccccc2C=C1.[C-]#[O+].[C-]#[O+].[C-]#[O+].[C-]#[O+].[C-]#[O+].[W]. The Bertz CT molecular complexity index is 551. The van der Waals surface area contributed by atoms with E-state index in [0.717, 1.165) is 0 Å². The molecule has 0 aliphatic carbocycles. The standard InChI is InChI=1S/C14H17P.5CO.W/c1-14(2,3)15-10-8-12-6-4-5-7-13(12)9-11-15;5*1-2;/h4-11H,1-3H3;;;;;;/p+1. The molecular formula is C19H18O5PW+. The van der Waals surface area contributed by atoms with Crippen LogP contribution in [0.2, 0.25) is 0 Å². The monoisotopic (exact) mass is 541 g/mol. The van der Waals surface area contributed by atoms with E-state index in [-0.39, 0.29) is 21.1 Å². The molecule has 7 heteroatoms. The van der Waals surface area contributed by atoms with E-state index in [1.165, 1.54) is 11.1 Å². The van der Waals surface area contributed by atoms with Crippen LogP contribution in [0, 0.1) is 33.3 Å². The molecular weight excluding hydrogens is 523 g/mol. The number of hydrogen-bond acceptors (Lipinski definition) is 0. The van der Waals surface area contributed by atoms with Crippen molar-refractivity contribution in [3.63, 3.8) is 0 Å². The summed E-state index contributed by atoms with van der Waals surface area (Å²) in [5, 5.41) is 0.402. The first-order chi connectivity index (χ1) is 12.1. The Labute approximate surface area is 170 Å². The van der Waals surface area contributed by atoms with Crippen LogP contribution in [0.3, 0.4) is 0 Å². The predicted molar refractivity (Wildman–Crippen MR) is 92.2 cm³/mol. The van der Waals surface area contributed by atoms with Crippen LogP contribution in [-0.4, -0.2) is 5.16 Å². The minimum absolute atomic E-state index is 0. The van der Waals surface area contributed by atoms with E-state index in [2.05, 4.69) is 102 Å². The Morgan fingerprint density at radius 2 is 0.923 bits per heavy atom. The molecule has 2 rings (SSSR count). The van der Waals surface area contributed by atoms with Crippen molar-refractivity contribution < 1.29 is 44.3 Å².